The van der Waals surface area contributed by atoms with Crippen LogP contribution in [-0.4, -0.2) is 31.8 Å². The number of fused-ring (bicyclic) bond motifs is 3. The van der Waals surface area contributed by atoms with Gasteiger partial charge in [0.05, 0.1) is 0 Å². The molecule has 0 heterocycles. The third kappa shape index (κ3) is 9.28. The molecule has 0 bridgehead atoms. The van der Waals surface area contributed by atoms with Crippen molar-refractivity contribution in [3.8, 4) is 11.1 Å². The number of nitrogens with one attached hydrogen (secondary N) is 2. The average Bonchev–Trinajstić information content (AvgIpc) is 3.21. The lowest BCUT2D eigenvalue weighted by Gasteiger charge is -2.17. The normalized spacial score (nSPS) is 13.3. The fourth-order valence-corrected chi connectivity index (χ4v) is 5.30. The Morgan fingerprint density at radius 2 is 1.31 bits per heavy atom. The molecular weight excluding hydrogens is 444 g/mol. The lowest BCUT2D eigenvalue weighted by molar-refractivity contribution is 0.139. The number of ether oxygens (including phenoxy) is 1. The van der Waals surface area contributed by atoms with Crippen molar-refractivity contribution in [1.29, 1.82) is 0 Å². The topological polar surface area (TPSA) is 50.4 Å². The molecule has 0 saturated heterocycles. The maximum absolute atomic E-state index is 12.4. The molecule has 2 N–H and O–H groups in total. The van der Waals surface area contributed by atoms with Crippen LogP contribution in [0.15, 0.2) is 48.5 Å². The average molecular weight is 493 g/mol. The molecule has 2 aromatic carbocycles. The minimum Gasteiger partial charge on any atom is -0.449 e. The Morgan fingerprint density at radius 3 is 1.92 bits per heavy atom. The number of unbranched alkanes of at least 4 members (excludes halogenated alkanes) is 9. The standard InChI is InChI=1S/C32H48N2O2/c1-3-4-5-6-7-8-9-10-16-23-33-24-17-15-18-26(2)34-32(35)36-25-31-29-21-13-11-19-27(29)28-20-12-14-22-30(28)31/h11-14,19-22,26,31,33H,3-10,15-18,23-25H2,1-2H3,(H,34,35)/t26-/m0/s1. The van der Waals surface area contributed by atoms with E-state index >= 15 is 0 Å². The van der Waals surface area contributed by atoms with Crippen LogP contribution in [0.1, 0.15) is 108 Å². The molecule has 1 aliphatic carbocycles. The van der Waals surface area contributed by atoms with E-state index in [9.17, 15) is 4.79 Å². The van der Waals surface area contributed by atoms with Crippen LogP contribution >= 0.6 is 0 Å². The molecule has 1 aliphatic rings. The van der Waals surface area contributed by atoms with Gasteiger partial charge in [-0.05, 0) is 61.5 Å². The second-order valence-electron chi connectivity index (χ2n) is 10.4. The van der Waals surface area contributed by atoms with Crippen molar-refractivity contribution in [1.82, 2.24) is 10.6 Å². The summed E-state index contributed by atoms with van der Waals surface area (Å²) in [6.45, 7) is 6.91. The van der Waals surface area contributed by atoms with Crippen molar-refractivity contribution >= 4 is 6.09 Å². The number of carbonyl (C=O) groups excluding carboxylic acids is 1. The fourth-order valence-electron chi connectivity index (χ4n) is 5.30. The van der Waals surface area contributed by atoms with E-state index in [4.69, 9.17) is 4.74 Å². The summed E-state index contributed by atoms with van der Waals surface area (Å²) >= 11 is 0. The van der Waals surface area contributed by atoms with Gasteiger partial charge in [0.25, 0.3) is 0 Å². The Morgan fingerprint density at radius 1 is 0.778 bits per heavy atom. The van der Waals surface area contributed by atoms with Gasteiger partial charge in [0.15, 0.2) is 0 Å². The zero-order valence-corrected chi connectivity index (χ0v) is 22.7. The van der Waals surface area contributed by atoms with Crippen LogP contribution in [0, 0.1) is 0 Å². The van der Waals surface area contributed by atoms with Crippen LogP contribution in [0.3, 0.4) is 0 Å². The van der Waals surface area contributed by atoms with Gasteiger partial charge in [-0.1, -0.05) is 113 Å². The number of alkyl carbamates (subject to hydrolysis) is 1. The predicted molar refractivity (Wildman–Crippen MR) is 152 cm³/mol. The summed E-state index contributed by atoms with van der Waals surface area (Å²) < 4.78 is 5.67. The Kier molecular flexibility index (Phi) is 12.9. The molecule has 1 atom stereocenters. The quantitative estimate of drug-likeness (QED) is 0.206. The molecule has 36 heavy (non-hydrogen) atoms. The molecule has 0 unspecified atom stereocenters. The van der Waals surface area contributed by atoms with Gasteiger partial charge < -0.3 is 15.4 Å². The van der Waals surface area contributed by atoms with E-state index in [0.717, 1.165) is 32.4 Å². The maximum Gasteiger partial charge on any atom is 0.407 e. The largest absolute Gasteiger partial charge is 0.449 e. The summed E-state index contributed by atoms with van der Waals surface area (Å²) in [6.07, 6.45) is 15.3. The van der Waals surface area contributed by atoms with Gasteiger partial charge >= 0.3 is 6.09 Å². The summed E-state index contributed by atoms with van der Waals surface area (Å²) in [4.78, 5) is 12.4. The molecule has 4 nitrogen and oxygen atoms in total. The van der Waals surface area contributed by atoms with Gasteiger partial charge in [0.2, 0.25) is 0 Å². The third-order valence-electron chi connectivity index (χ3n) is 7.41. The highest BCUT2D eigenvalue weighted by atomic mass is 16.5. The van der Waals surface area contributed by atoms with E-state index in [-0.39, 0.29) is 18.1 Å². The number of carbonyl (C=O) groups is 1. The zero-order chi connectivity index (χ0) is 25.4. The maximum atomic E-state index is 12.4. The molecule has 0 spiro atoms. The molecule has 0 saturated carbocycles. The Hall–Kier alpha value is -2.33. The van der Waals surface area contributed by atoms with Gasteiger partial charge in [-0.15, -0.1) is 0 Å². The molecule has 1 amide bonds. The van der Waals surface area contributed by atoms with E-state index < -0.39 is 0 Å². The van der Waals surface area contributed by atoms with Crippen LogP contribution in [0.5, 0.6) is 0 Å². The summed E-state index contributed by atoms with van der Waals surface area (Å²) in [5.74, 6) is 0.107. The molecule has 3 rings (SSSR count). The molecule has 0 fully saturated rings. The zero-order valence-electron chi connectivity index (χ0n) is 22.7. The summed E-state index contributed by atoms with van der Waals surface area (Å²) in [5.41, 5.74) is 4.99. The van der Waals surface area contributed by atoms with Crippen molar-refractivity contribution in [2.45, 2.75) is 103 Å². The molecule has 198 valence electrons. The molecule has 4 heteroatoms. The number of amides is 1. The minimum atomic E-state index is -0.312. The lowest BCUT2D eigenvalue weighted by Crippen LogP contribution is -2.34. The number of hydrogen-bond donors (Lipinski definition) is 2. The summed E-state index contributed by atoms with van der Waals surface area (Å²) in [5, 5.41) is 6.59. The van der Waals surface area contributed by atoms with Gasteiger partial charge in [0, 0.05) is 12.0 Å². The predicted octanol–water partition coefficient (Wildman–Crippen LogP) is 8.20. The Balaban J connectivity index is 1.20. The smallest absolute Gasteiger partial charge is 0.407 e. The van der Waals surface area contributed by atoms with E-state index in [2.05, 4.69) is 73.0 Å². The van der Waals surface area contributed by atoms with Crippen molar-refractivity contribution < 1.29 is 9.53 Å². The first-order chi connectivity index (χ1) is 17.7. The second kappa shape index (κ2) is 16.4. The molecule has 2 aromatic rings. The molecule has 0 aromatic heterocycles. The van der Waals surface area contributed by atoms with Crippen molar-refractivity contribution in [3.63, 3.8) is 0 Å². The van der Waals surface area contributed by atoms with E-state index in [0.29, 0.717) is 6.61 Å². The SMILES string of the molecule is CCCCCCCCCCCNCCCC[C@H](C)NC(=O)OCC1c2ccccc2-c2ccccc21. The van der Waals surface area contributed by atoms with Crippen LogP contribution in [0.25, 0.3) is 11.1 Å². The number of rotatable bonds is 18. The van der Waals surface area contributed by atoms with Crippen LogP contribution in [0.2, 0.25) is 0 Å². The Bertz CT molecular complexity index is 852. The highest BCUT2D eigenvalue weighted by Gasteiger charge is 2.29. The second-order valence-corrected chi connectivity index (χ2v) is 10.4. The number of hydrogen-bond acceptors (Lipinski definition) is 3. The van der Waals surface area contributed by atoms with E-state index in [1.807, 2.05) is 0 Å². The highest BCUT2D eigenvalue weighted by molar-refractivity contribution is 5.79. The first kappa shape index (κ1) is 28.2. The highest BCUT2D eigenvalue weighted by Crippen LogP contribution is 2.44. The van der Waals surface area contributed by atoms with Gasteiger partial charge in [-0.2, -0.15) is 0 Å². The van der Waals surface area contributed by atoms with Crippen LogP contribution in [0.4, 0.5) is 4.79 Å². The van der Waals surface area contributed by atoms with Crippen molar-refractivity contribution in [2.75, 3.05) is 19.7 Å². The first-order valence-corrected chi connectivity index (χ1v) is 14.5. The lowest BCUT2D eigenvalue weighted by atomic mass is 9.98. The van der Waals surface area contributed by atoms with E-state index in [1.165, 1.54) is 80.0 Å². The number of benzene rings is 2. The van der Waals surface area contributed by atoms with Gasteiger partial charge in [0.1, 0.15) is 6.61 Å². The first-order valence-electron chi connectivity index (χ1n) is 14.5. The third-order valence-corrected chi connectivity index (χ3v) is 7.41. The van der Waals surface area contributed by atoms with Gasteiger partial charge in [-0.25, -0.2) is 4.79 Å². The molecule has 0 aliphatic heterocycles. The fraction of sp³-hybridized carbons (Fsp3) is 0.594. The molecule has 0 radical (unpaired) electrons. The summed E-state index contributed by atoms with van der Waals surface area (Å²) in [7, 11) is 0. The Labute approximate surface area is 219 Å². The van der Waals surface area contributed by atoms with Gasteiger partial charge in [-0.3, -0.25) is 0 Å². The van der Waals surface area contributed by atoms with Crippen LogP contribution in [-0.2, 0) is 4.74 Å². The monoisotopic (exact) mass is 492 g/mol. The van der Waals surface area contributed by atoms with E-state index in [1.54, 1.807) is 0 Å². The van der Waals surface area contributed by atoms with Crippen LogP contribution < -0.4 is 10.6 Å². The van der Waals surface area contributed by atoms with Crippen molar-refractivity contribution in [2.24, 2.45) is 0 Å². The molecular formula is C32H48N2O2. The summed E-state index contributed by atoms with van der Waals surface area (Å²) in [6, 6.07) is 17.0. The van der Waals surface area contributed by atoms with Crippen molar-refractivity contribution in [3.05, 3.63) is 59.7 Å². The minimum absolute atomic E-state index is 0.107.